The van der Waals surface area contributed by atoms with Crippen LogP contribution in [-0.2, 0) is 4.79 Å². The van der Waals surface area contributed by atoms with E-state index in [1.807, 2.05) is 30.6 Å². The van der Waals surface area contributed by atoms with Crippen LogP contribution >= 0.6 is 0 Å². The molecule has 0 unspecified atom stereocenters. The van der Waals surface area contributed by atoms with E-state index in [1.165, 1.54) is 18.6 Å². The predicted molar refractivity (Wildman–Crippen MR) is 108 cm³/mol. The first-order chi connectivity index (χ1) is 13.9. The van der Waals surface area contributed by atoms with Gasteiger partial charge in [0.2, 0.25) is 0 Å². The molecule has 1 heterocycles. The summed E-state index contributed by atoms with van der Waals surface area (Å²) in [6.07, 6.45) is 6.94. The van der Waals surface area contributed by atoms with Crippen LogP contribution in [0.2, 0.25) is 0 Å². The first-order valence-electron chi connectivity index (χ1n) is 9.84. The van der Waals surface area contributed by atoms with Gasteiger partial charge in [-0.2, -0.15) is 5.26 Å². The lowest BCUT2D eigenvalue weighted by Gasteiger charge is -2.22. The summed E-state index contributed by atoms with van der Waals surface area (Å²) in [7, 11) is 0. The van der Waals surface area contributed by atoms with Gasteiger partial charge in [-0.15, -0.1) is 0 Å². The highest BCUT2D eigenvalue weighted by atomic mass is 16.4. The minimum absolute atomic E-state index is 0.0862. The largest absolute Gasteiger partial charge is 0.545 e. The number of carbonyl (C=O) groups excluding carboxylic acids is 2. The Bertz CT molecular complexity index is 988. The van der Waals surface area contributed by atoms with Crippen molar-refractivity contribution < 1.29 is 14.7 Å². The standard InChI is InChI=1S/C23H25N3O3/c1-15-12-18(13-19(14-24)22(27)25-20-6-4-3-5-7-20)16(2)26(15)21-10-8-17(9-11-21)23(28)29/h8-13,20H,3-7H2,1-2H3,(H,25,27)(H,28,29)/p-1/b19-13+. The number of benzene rings is 1. The molecule has 1 aromatic carbocycles. The van der Waals surface area contributed by atoms with Gasteiger partial charge in [-0.05, 0) is 62.1 Å². The van der Waals surface area contributed by atoms with Gasteiger partial charge >= 0.3 is 0 Å². The molecule has 1 aliphatic carbocycles. The molecule has 0 spiro atoms. The summed E-state index contributed by atoms with van der Waals surface area (Å²) in [5.74, 6) is -1.55. The van der Waals surface area contributed by atoms with Crippen LogP contribution in [0.3, 0.4) is 0 Å². The zero-order valence-corrected chi connectivity index (χ0v) is 16.7. The third kappa shape index (κ3) is 4.57. The molecule has 6 heteroatoms. The monoisotopic (exact) mass is 390 g/mol. The summed E-state index contributed by atoms with van der Waals surface area (Å²) in [5.41, 5.74) is 3.56. The lowest BCUT2D eigenvalue weighted by molar-refractivity contribution is -0.255. The normalized spacial score (nSPS) is 15.0. The molecule has 1 fully saturated rings. The van der Waals surface area contributed by atoms with Crippen molar-refractivity contribution in [1.82, 2.24) is 9.88 Å². The molecule has 0 saturated heterocycles. The van der Waals surface area contributed by atoms with Gasteiger partial charge in [-0.1, -0.05) is 31.4 Å². The van der Waals surface area contributed by atoms with Gasteiger partial charge < -0.3 is 19.8 Å². The Hall–Kier alpha value is -3.33. The fraction of sp³-hybridized carbons (Fsp3) is 0.348. The number of aryl methyl sites for hydroxylation is 1. The first kappa shape index (κ1) is 20.4. The van der Waals surface area contributed by atoms with Gasteiger partial charge in [0.15, 0.2) is 0 Å². The molecule has 0 aliphatic heterocycles. The molecule has 0 atom stereocenters. The number of nitrogens with one attached hydrogen (secondary N) is 1. The van der Waals surface area contributed by atoms with E-state index >= 15 is 0 Å². The van der Waals surface area contributed by atoms with Crippen LogP contribution in [0.1, 0.15) is 59.4 Å². The van der Waals surface area contributed by atoms with Gasteiger partial charge in [0, 0.05) is 23.1 Å². The Morgan fingerprint density at radius 3 is 2.41 bits per heavy atom. The van der Waals surface area contributed by atoms with E-state index in [4.69, 9.17) is 0 Å². The lowest BCUT2D eigenvalue weighted by Crippen LogP contribution is -2.36. The highest BCUT2D eigenvalue weighted by Gasteiger charge is 2.19. The van der Waals surface area contributed by atoms with Gasteiger partial charge in [-0.25, -0.2) is 0 Å². The van der Waals surface area contributed by atoms with Crippen LogP contribution in [0.15, 0.2) is 35.9 Å². The van der Waals surface area contributed by atoms with Gasteiger partial charge in [0.1, 0.15) is 11.6 Å². The van der Waals surface area contributed by atoms with E-state index in [0.29, 0.717) is 0 Å². The number of aromatic carboxylic acids is 1. The summed E-state index contributed by atoms with van der Waals surface area (Å²) < 4.78 is 1.96. The number of amides is 1. The van der Waals surface area contributed by atoms with Gasteiger partial charge in [0.05, 0.1) is 5.97 Å². The minimum atomic E-state index is -1.22. The maximum Gasteiger partial charge on any atom is 0.262 e. The predicted octanol–water partition coefficient (Wildman–Crippen LogP) is 2.81. The van der Waals surface area contributed by atoms with Gasteiger partial charge in [0.25, 0.3) is 5.91 Å². The van der Waals surface area contributed by atoms with E-state index in [-0.39, 0.29) is 23.1 Å². The number of rotatable bonds is 5. The number of hydrogen-bond donors (Lipinski definition) is 1. The van der Waals surface area contributed by atoms with E-state index in [0.717, 1.165) is 48.3 Å². The molecule has 1 saturated carbocycles. The highest BCUT2D eigenvalue weighted by Crippen LogP contribution is 2.24. The van der Waals surface area contributed by atoms with Crippen molar-refractivity contribution in [2.45, 2.75) is 52.0 Å². The average Bonchev–Trinajstić information content (AvgIpc) is 2.99. The summed E-state index contributed by atoms with van der Waals surface area (Å²) in [6, 6.07) is 10.5. The van der Waals surface area contributed by atoms with E-state index in [9.17, 15) is 20.0 Å². The number of carboxylic acid groups (broad SMARTS) is 1. The summed E-state index contributed by atoms with van der Waals surface area (Å²) >= 11 is 0. The third-order valence-corrected chi connectivity index (χ3v) is 5.44. The quantitative estimate of drug-likeness (QED) is 0.627. The summed E-state index contributed by atoms with van der Waals surface area (Å²) in [6.45, 7) is 3.82. The molecule has 1 aromatic heterocycles. The second kappa shape index (κ2) is 8.78. The smallest absolute Gasteiger partial charge is 0.262 e. The number of hydrogen-bond acceptors (Lipinski definition) is 4. The molecule has 6 nitrogen and oxygen atoms in total. The van der Waals surface area contributed by atoms with Crippen LogP contribution in [0.25, 0.3) is 11.8 Å². The average molecular weight is 390 g/mol. The highest BCUT2D eigenvalue weighted by molar-refractivity contribution is 6.02. The zero-order valence-electron chi connectivity index (χ0n) is 16.7. The molecule has 3 rings (SSSR count). The molecule has 1 aliphatic rings. The molecular formula is C23H24N3O3-. The molecule has 29 heavy (non-hydrogen) atoms. The van der Waals surface area contributed by atoms with Crippen molar-refractivity contribution in [3.05, 3.63) is 58.4 Å². The number of carbonyl (C=O) groups is 2. The second-order valence-corrected chi connectivity index (χ2v) is 7.47. The lowest BCUT2D eigenvalue weighted by atomic mass is 9.95. The zero-order chi connectivity index (χ0) is 21.0. The van der Waals surface area contributed by atoms with Gasteiger partial charge in [-0.3, -0.25) is 4.79 Å². The van der Waals surface area contributed by atoms with Crippen molar-refractivity contribution in [2.24, 2.45) is 0 Å². The SMILES string of the molecule is Cc1cc(/C=C(\C#N)C(=O)NC2CCCCC2)c(C)n1-c1ccc(C(=O)[O-])cc1. The maximum absolute atomic E-state index is 12.6. The van der Waals surface area contributed by atoms with Crippen molar-refractivity contribution in [3.8, 4) is 11.8 Å². The van der Waals surface area contributed by atoms with Crippen LogP contribution in [0.4, 0.5) is 0 Å². The molecule has 0 bridgehead atoms. The van der Waals surface area contributed by atoms with E-state index in [2.05, 4.69) is 5.32 Å². The molecule has 1 N–H and O–H groups in total. The Morgan fingerprint density at radius 2 is 1.83 bits per heavy atom. The van der Waals surface area contributed by atoms with Crippen LogP contribution in [-0.4, -0.2) is 22.5 Å². The minimum Gasteiger partial charge on any atom is -0.545 e. The first-order valence-corrected chi connectivity index (χ1v) is 9.84. The van der Waals surface area contributed by atoms with Crippen LogP contribution in [0, 0.1) is 25.2 Å². The second-order valence-electron chi connectivity index (χ2n) is 7.47. The third-order valence-electron chi connectivity index (χ3n) is 5.44. The maximum atomic E-state index is 12.6. The van der Waals surface area contributed by atoms with Crippen molar-refractivity contribution in [3.63, 3.8) is 0 Å². The Labute approximate surface area is 170 Å². The molecule has 1 amide bonds. The number of carboxylic acids is 1. The molecule has 150 valence electrons. The van der Waals surface area contributed by atoms with Crippen LogP contribution < -0.4 is 10.4 Å². The Balaban J connectivity index is 1.86. The van der Waals surface area contributed by atoms with Crippen LogP contribution in [0.5, 0.6) is 0 Å². The van der Waals surface area contributed by atoms with E-state index in [1.54, 1.807) is 18.2 Å². The summed E-state index contributed by atoms with van der Waals surface area (Å²) in [4.78, 5) is 23.5. The fourth-order valence-corrected chi connectivity index (χ4v) is 3.89. The van der Waals surface area contributed by atoms with E-state index < -0.39 is 5.97 Å². The van der Waals surface area contributed by atoms with Crippen molar-refractivity contribution >= 4 is 18.0 Å². The number of aromatic nitrogens is 1. The summed E-state index contributed by atoms with van der Waals surface area (Å²) in [5, 5.41) is 23.4. The van der Waals surface area contributed by atoms with Crippen molar-refractivity contribution in [1.29, 1.82) is 5.26 Å². The van der Waals surface area contributed by atoms with Crippen molar-refractivity contribution in [2.75, 3.05) is 0 Å². The Morgan fingerprint density at radius 1 is 1.17 bits per heavy atom. The molecule has 2 aromatic rings. The number of nitrogens with zero attached hydrogens (tertiary/aromatic N) is 2. The topological polar surface area (TPSA) is 98.0 Å². The fourth-order valence-electron chi connectivity index (χ4n) is 3.89. The number of nitriles is 1. The molecular weight excluding hydrogens is 366 g/mol. The molecule has 0 radical (unpaired) electrons. The Kier molecular flexibility index (Phi) is 6.18.